The van der Waals surface area contributed by atoms with Gasteiger partial charge in [0, 0.05) is 44.5 Å². The maximum atomic E-state index is 15.0. The number of amides is 1. The number of hydrogen-bond donors (Lipinski definition) is 3. The minimum atomic E-state index is -1.03. The number of fused-ring (bicyclic) bond motifs is 1. The van der Waals surface area contributed by atoms with Crippen LogP contribution in [0.5, 0.6) is 0 Å². The van der Waals surface area contributed by atoms with Gasteiger partial charge in [0.25, 0.3) is 5.91 Å². The second-order valence-corrected chi connectivity index (χ2v) is 7.14. The van der Waals surface area contributed by atoms with Gasteiger partial charge in [0.15, 0.2) is 0 Å². The molecule has 1 saturated heterocycles. The molecule has 2 aromatic heterocycles. The fourth-order valence-corrected chi connectivity index (χ4v) is 3.77. The first kappa shape index (κ1) is 18.4. The van der Waals surface area contributed by atoms with Gasteiger partial charge in [-0.1, -0.05) is 30.3 Å². The van der Waals surface area contributed by atoms with Crippen molar-refractivity contribution in [2.45, 2.75) is 25.2 Å². The summed E-state index contributed by atoms with van der Waals surface area (Å²) in [5.74, 6) is -0.241. The molecule has 4 rings (SSSR count). The standard InChI is InChI=1S/C21H24FN5O/c1-23-21(28)16-11-25-20-15(7-9-24-20)19(16)26-18-8-10-27(13-17(18)22)12-14-5-3-2-4-6-14/h2-7,9,11,17-18H,8,10,12-13H2,1H3,(H,23,28)(H2,24,25,26)/t17-,18+/m1/s1. The highest BCUT2D eigenvalue weighted by Crippen LogP contribution is 2.29. The highest BCUT2D eigenvalue weighted by molar-refractivity contribution is 6.06. The first-order valence-corrected chi connectivity index (χ1v) is 9.50. The Morgan fingerprint density at radius 3 is 2.89 bits per heavy atom. The molecule has 3 heterocycles. The minimum absolute atomic E-state index is 0.241. The van der Waals surface area contributed by atoms with Crippen LogP contribution in [0.2, 0.25) is 0 Å². The number of carbonyl (C=O) groups excluding carboxylic acids is 1. The summed E-state index contributed by atoms with van der Waals surface area (Å²) in [5.41, 5.74) is 2.92. The predicted molar refractivity (Wildman–Crippen MR) is 108 cm³/mol. The van der Waals surface area contributed by atoms with E-state index in [1.165, 1.54) is 11.8 Å². The molecule has 1 fully saturated rings. The number of piperidine rings is 1. The van der Waals surface area contributed by atoms with E-state index in [9.17, 15) is 9.18 Å². The maximum absolute atomic E-state index is 15.0. The van der Waals surface area contributed by atoms with Crippen LogP contribution in [0.4, 0.5) is 10.1 Å². The van der Waals surface area contributed by atoms with Gasteiger partial charge in [-0.25, -0.2) is 9.37 Å². The molecule has 2 atom stereocenters. The Labute approximate surface area is 163 Å². The van der Waals surface area contributed by atoms with Crippen LogP contribution in [0.15, 0.2) is 48.8 Å². The molecule has 6 nitrogen and oxygen atoms in total. The van der Waals surface area contributed by atoms with E-state index < -0.39 is 6.17 Å². The molecule has 0 spiro atoms. The van der Waals surface area contributed by atoms with Crippen molar-refractivity contribution in [2.75, 3.05) is 25.5 Å². The van der Waals surface area contributed by atoms with Crippen LogP contribution < -0.4 is 10.6 Å². The van der Waals surface area contributed by atoms with E-state index in [0.29, 0.717) is 29.9 Å². The number of aromatic nitrogens is 2. The van der Waals surface area contributed by atoms with Crippen molar-refractivity contribution in [2.24, 2.45) is 0 Å². The van der Waals surface area contributed by atoms with Gasteiger partial charge >= 0.3 is 0 Å². The molecule has 1 aliphatic heterocycles. The zero-order chi connectivity index (χ0) is 19.5. The molecule has 1 aliphatic rings. The number of halogens is 1. The molecule has 0 bridgehead atoms. The molecule has 3 aromatic rings. The van der Waals surface area contributed by atoms with Crippen LogP contribution in [-0.4, -0.2) is 53.1 Å². The Balaban J connectivity index is 1.51. The number of aromatic amines is 1. The predicted octanol–water partition coefficient (Wildman–Crippen LogP) is 2.95. The number of benzene rings is 1. The minimum Gasteiger partial charge on any atom is -0.378 e. The van der Waals surface area contributed by atoms with Gasteiger partial charge in [-0.2, -0.15) is 0 Å². The zero-order valence-electron chi connectivity index (χ0n) is 15.8. The summed E-state index contributed by atoms with van der Waals surface area (Å²) in [7, 11) is 1.58. The lowest BCUT2D eigenvalue weighted by Gasteiger charge is -2.36. The third-order valence-corrected chi connectivity index (χ3v) is 5.26. The second kappa shape index (κ2) is 7.98. The van der Waals surface area contributed by atoms with Crippen LogP contribution in [0.3, 0.4) is 0 Å². The van der Waals surface area contributed by atoms with Gasteiger partial charge in [0.1, 0.15) is 11.8 Å². The summed E-state index contributed by atoms with van der Waals surface area (Å²) < 4.78 is 15.0. The monoisotopic (exact) mass is 381 g/mol. The number of carbonyl (C=O) groups is 1. The Morgan fingerprint density at radius 2 is 2.14 bits per heavy atom. The van der Waals surface area contributed by atoms with E-state index in [2.05, 4.69) is 37.6 Å². The zero-order valence-corrected chi connectivity index (χ0v) is 15.8. The number of nitrogens with zero attached hydrogens (tertiary/aromatic N) is 2. The van der Waals surface area contributed by atoms with Crippen molar-refractivity contribution >= 4 is 22.6 Å². The molecule has 0 unspecified atom stereocenters. The van der Waals surface area contributed by atoms with Gasteiger partial charge in [0.2, 0.25) is 0 Å². The highest BCUT2D eigenvalue weighted by atomic mass is 19.1. The Bertz CT molecular complexity index is 958. The van der Waals surface area contributed by atoms with Gasteiger partial charge < -0.3 is 15.6 Å². The third-order valence-electron chi connectivity index (χ3n) is 5.26. The molecule has 0 radical (unpaired) electrons. The summed E-state index contributed by atoms with van der Waals surface area (Å²) in [6, 6.07) is 11.6. The molecule has 28 heavy (non-hydrogen) atoms. The molecule has 146 valence electrons. The number of likely N-dealkylation sites (tertiary alicyclic amines) is 1. The SMILES string of the molecule is CNC(=O)c1cnc2[nH]ccc2c1N[C@H]1CCN(Cc2ccccc2)C[C@H]1F. The third kappa shape index (κ3) is 3.71. The molecule has 1 amide bonds. The fraction of sp³-hybridized carbons (Fsp3) is 0.333. The van der Waals surface area contributed by atoms with Crippen molar-refractivity contribution in [3.05, 3.63) is 59.9 Å². The maximum Gasteiger partial charge on any atom is 0.254 e. The summed E-state index contributed by atoms with van der Waals surface area (Å²) >= 11 is 0. The summed E-state index contributed by atoms with van der Waals surface area (Å²) in [5, 5.41) is 6.73. The van der Waals surface area contributed by atoms with Crippen LogP contribution in [-0.2, 0) is 6.54 Å². The first-order valence-electron chi connectivity index (χ1n) is 9.50. The topological polar surface area (TPSA) is 73.0 Å². The number of alkyl halides is 1. The van der Waals surface area contributed by atoms with E-state index in [4.69, 9.17) is 0 Å². The van der Waals surface area contributed by atoms with Crippen molar-refractivity contribution in [1.82, 2.24) is 20.2 Å². The van der Waals surface area contributed by atoms with Crippen molar-refractivity contribution in [1.29, 1.82) is 0 Å². The fourth-order valence-electron chi connectivity index (χ4n) is 3.77. The molecular weight excluding hydrogens is 357 g/mol. The van der Waals surface area contributed by atoms with Crippen molar-refractivity contribution < 1.29 is 9.18 Å². The van der Waals surface area contributed by atoms with Gasteiger partial charge in [0.05, 0.1) is 17.3 Å². The van der Waals surface area contributed by atoms with Crippen LogP contribution in [0.1, 0.15) is 22.3 Å². The summed E-state index contributed by atoms with van der Waals surface area (Å²) in [6.07, 6.45) is 2.93. The average Bonchev–Trinajstić information content (AvgIpc) is 3.19. The largest absolute Gasteiger partial charge is 0.378 e. The molecule has 3 N–H and O–H groups in total. The summed E-state index contributed by atoms with van der Waals surface area (Å²) in [6.45, 7) is 1.90. The number of rotatable bonds is 5. The van der Waals surface area contributed by atoms with Gasteiger partial charge in [-0.15, -0.1) is 0 Å². The molecule has 1 aromatic carbocycles. The van der Waals surface area contributed by atoms with Gasteiger partial charge in [-0.3, -0.25) is 9.69 Å². The highest BCUT2D eigenvalue weighted by Gasteiger charge is 2.30. The van der Waals surface area contributed by atoms with E-state index in [1.54, 1.807) is 13.2 Å². The number of anilines is 1. The lowest BCUT2D eigenvalue weighted by Crippen LogP contribution is -2.47. The Morgan fingerprint density at radius 1 is 1.32 bits per heavy atom. The summed E-state index contributed by atoms with van der Waals surface area (Å²) in [4.78, 5) is 21.7. The smallest absolute Gasteiger partial charge is 0.254 e. The van der Waals surface area contributed by atoms with E-state index in [-0.39, 0.29) is 11.9 Å². The molecular formula is C21H24FN5O. The number of H-pyrrole nitrogens is 1. The average molecular weight is 381 g/mol. The number of nitrogens with one attached hydrogen (secondary N) is 3. The lowest BCUT2D eigenvalue weighted by molar-refractivity contribution is 0.0962. The molecule has 0 saturated carbocycles. The van der Waals surface area contributed by atoms with E-state index in [1.807, 2.05) is 24.3 Å². The normalized spacial score (nSPS) is 20.2. The second-order valence-electron chi connectivity index (χ2n) is 7.14. The van der Waals surface area contributed by atoms with E-state index >= 15 is 0 Å². The van der Waals surface area contributed by atoms with Crippen molar-refractivity contribution in [3.63, 3.8) is 0 Å². The lowest BCUT2D eigenvalue weighted by atomic mass is 10.0. The molecule has 0 aliphatic carbocycles. The van der Waals surface area contributed by atoms with Crippen LogP contribution in [0.25, 0.3) is 11.0 Å². The number of hydrogen-bond acceptors (Lipinski definition) is 4. The van der Waals surface area contributed by atoms with Crippen molar-refractivity contribution in [3.8, 4) is 0 Å². The molecule has 7 heteroatoms. The first-order chi connectivity index (χ1) is 13.7. The van der Waals surface area contributed by atoms with E-state index in [0.717, 1.165) is 18.5 Å². The Kier molecular flexibility index (Phi) is 5.25. The van der Waals surface area contributed by atoms with Gasteiger partial charge in [-0.05, 0) is 18.1 Å². The van der Waals surface area contributed by atoms with Crippen LogP contribution in [0, 0.1) is 0 Å². The van der Waals surface area contributed by atoms with Crippen LogP contribution >= 0.6 is 0 Å². The quantitative estimate of drug-likeness (QED) is 0.635. The number of pyridine rings is 1. The Hall–Kier alpha value is -2.93.